The van der Waals surface area contributed by atoms with Crippen molar-refractivity contribution in [3.8, 4) is 17.1 Å². The number of carbonyl (C=O) groups excluding carboxylic acids is 1. The summed E-state index contributed by atoms with van der Waals surface area (Å²) in [6.45, 7) is 4.01. The summed E-state index contributed by atoms with van der Waals surface area (Å²) >= 11 is 0. The summed E-state index contributed by atoms with van der Waals surface area (Å²) in [7, 11) is 1.63. The first-order valence-electron chi connectivity index (χ1n) is 10.1. The van der Waals surface area contributed by atoms with Crippen LogP contribution in [0, 0.1) is 0 Å². The molecule has 0 aliphatic carbocycles. The van der Waals surface area contributed by atoms with E-state index in [1.165, 1.54) is 0 Å². The van der Waals surface area contributed by atoms with E-state index in [4.69, 9.17) is 14.5 Å². The number of esters is 1. The van der Waals surface area contributed by atoms with E-state index in [2.05, 4.69) is 6.92 Å². The van der Waals surface area contributed by atoms with Crippen LogP contribution in [0.4, 0.5) is 0 Å². The van der Waals surface area contributed by atoms with Crippen molar-refractivity contribution in [3.63, 3.8) is 0 Å². The maximum Gasteiger partial charge on any atom is 0.343 e. The molecule has 154 valence electrons. The fourth-order valence-corrected chi connectivity index (χ4v) is 4.56. The highest BCUT2D eigenvalue weighted by Crippen LogP contribution is 2.40. The van der Waals surface area contributed by atoms with Crippen molar-refractivity contribution >= 4 is 16.9 Å². The molecule has 7 heteroatoms. The van der Waals surface area contributed by atoms with E-state index >= 15 is 0 Å². The van der Waals surface area contributed by atoms with Crippen molar-refractivity contribution < 1.29 is 19.4 Å². The number of aliphatic hydroxyl groups is 1. The van der Waals surface area contributed by atoms with Crippen LogP contribution < -0.4 is 10.3 Å². The molecule has 4 heterocycles. The van der Waals surface area contributed by atoms with Crippen molar-refractivity contribution in [2.24, 2.45) is 0 Å². The molecule has 0 amide bonds. The zero-order valence-corrected chi connectivity index (χ0v) is 17.1. The highest BCUT2D eigenvalue weighted by atomic mass is 16.6. The van der Waals surface area contributed by atoms with Crippen LogP contribution in [0.1, 0.15) is 42.5 Å². The minimum Gasteiger partial charge on any atom is -0.496 e. The van der Waals surface area contributed by atoms with Gasteiger partial charge in [-0.25, -0.2) is 9.78 Å². The Labute approximate surface area is 172 Å². The molecule has 30 heavy (non-hydrogen) atoms. The molecular formula is C23H22N2O5. The van der Waals surface area contributed by atoms with Crippen molar-refractivity contribution in [2.75, 3.05) is 7.11 Å². The first kappa shape index (κ1) is 18.8. The second-order valence-corrected chi connectivity index (χ2v) is 7.78. The van der Waals surface area contributed by atoms with Gasteiger partial charge >= 0.3 is 5.97 Å². The van der Waals surface area contributed by atoms with Crippen LogP contribution in [0.5, 0.6) is 5.75 Å². The number of pyridine rings is 2. The average Bonchev–Trinajstić information content (AvgIpc) is 3.12. The van der Waals surface area contributed by atoms with Crippen molar-refractivity contribution in [1.82, 2.24) is 9.55 Å². The summed E-state index contributed by atoms with van der Waals surface area (Å²) in [6, 6.07) is 7.69. The number of benzene rings is 1. The molecule has 0 unspecified atom stereocenters. The number of methoxy groups -OCH3 is 1. The number of hydrogen-bond acceptors (Lipinski definition) is 6. The smallest absolute Gasteiger partial charge is 0.343 e. The van der Waals surface area contributed by atoms with E-state index in [1.807, 2.05) is 18.2 Å². The topological polar surface area (TPSA) is 90.6 Å². The number of ether oxygens (including phenoxy) is 2. The molecule has 1 atom stereocenters. The normalized spacial score (nSPS) is 19.3. The van der Waals surface area contributed by atoms with Gasteiger partial charge in [0.1, 0.15) is 12.4 Å². The molecule has 2 aromatic heterocycles. The zero-order chi connectivity index (χ0) is 21.2. The van der Waals surface area contributed by atoms with Crippen molar-refractivity contribution in [1.29, 1.82) is 0 Å². The lowest BCUT2D eigenvalue weighted by molar-refractivity contribution is -0.172. The van der Waals surface area contributed by atoms with Crippen molar-refractivity contribution in [2.45, 2.75) is 45.4 Å². The Balaban J connectivity index is 1.81. The number of cyclic esters (lactones) is 1. The summed E-state index contributed by atoms with van der Waals surface area (Å²) in [6.07, 6.45) is 0.932. The van der Waals surface area contributed by atoms with Crippen LogP contribution in [0.25, 0.3) is 22.3 Å². The summed E-state index contributed by atoms with van der Waals surface area (Å²) < 4.78 is 12.3. The van der Waals surface area contributed by atoms with Gasteiger partial charge in [-0.15, -0.1) is 0 Å². The fourth-order valence-electron chi connectivity index (χ4n) is 4.56. The standard InChI is InChI=1S/C23H22N2O5/c1-4-12-6-7-18(29-3)14-8-13-10-25-17(20(13)24-19(12)14)9-16-15(21(25)26)11-30-22(27)23(16,28)5-2/h6-9,28H,4-5,10-11H2,1-3H3/t23-/m0/s1. The largest absolute Gasteiger partial charge is 0.496 e. The van der Waals surface area contributed by atoms with Crippen molar-refractivity contribution in [3.05, 3.63) is 56.9 Å². The average molecular weight is 406 g/mol. The Morgan fingerprint density at radius 1 is 1.27 bits per heavy atom. The van der Waals surface area contributed by atoms with Crippen LogP contribution in [-0.4, -0.2) is 27.7 Å². The minimum atomic E-state index is -1.82. The van der Waals surface area contributed by atoms with E-state index in [9.17, 15) is 14.7 Å². The summed E-state index contributed by atoms with van der Waals surface area (Å²) in [5.41, 5.74) is 2.71. The van der Waals surface area contributed by atoms with E-state index in [0.29, 0.717) is 29.1 Å². The second-order valence-electron chi connectivity index (χ2n) is 7.78. The van der Waals surface area contributed by atoms with Gasteiger partial charge < -0.3 is 19.1 Å². The van der Waals surface area contributed by atoms with Crippen LogP contribution in [-0.2, 0) is 34.7 Å². The molecule has 1 N–H and O–H groups in total. The molecule has 7 nitrogen and oxygen atoms in total. The zero-order valence-electron chi connectivity index (χ0n) is 17.1. The minimum absolute atomic E-state index is 0.122. The van der Waals surface area contributed by atoms with E-state index < -0.39 is 11.6 Å². The third kappa shape index (κ3) is 2.32. The van der Waals surface area contributed by atoms with Gasteiger partial charge in [-0.1, -0.05) is 19.9 Å². The summed E-state index contributed by atoms with van der Waals surface area (Å²) in [4.78, 5) is 30.4. The lowest BCUT2D eigenvalue weighted by Crippen LogP contribution is -2.44. The molecule has 0 saturated heterocycles. The van der Waals surface area contributed by atoms with E-state index in [0.717, 1.165) is 34.2 Å². The Morgan fingerprint density at radius 2 is 2.07 bits per heavy atom. The maximum absolute atomic E-state index is 13.2. The molecule has 0 bridgehead atoms. The fraction of sp³-hybridized carbons (Fsp3) is 0.348. The van der Waals surface area contributed by atoms with Crippen LogP contribution in [0.3, 0.4) is 0 Å². The highest BCUT2D eigenvalue weighted by Gasteiger charge is 2.45. The SMILES string of the molecule is CCc1ccc(OC)c2cc3c(nc12)-c1cc2c(c(=O)n1C3)COC(=O)[C@]2(O)CC. The second kappa shape index (κ2) is 6.40. The summed E-state index contributed by atoms with van der Waals surface area (Å²) in [5, 5.41) is 11.9. The van der Waals surface area contributed by atoms with Gasteiger partial charge in [0.25, 0.3) is 5.56 Å². The predicted octanol–water partition coefficient (Wildman–Crippen LogP) is 2.65. The molecule has 3 aromatic rings. The first-order chi connectivity index (χ1) is 14.4. The monoisotopic (exact) mass is 406 g/mol. The molecule has 0 radical (unpaired) electrons. The Hall–Kier alpha value is -3.19. The molecule has 2 aliphatic rings. The number of hydrogen-bond donors (Lipinski definition) is 1. The van der Waals surface area contributed by atoms with Gasteiger partial charge in [0, 0.05) is 16.5 Å². The molecule has 0 saturated carbocycles. The maximum atomic E-state index is 13.2. The molecule has 2 aliphatic heterocycles. The van der Waals surface area contributed by atoms with Gasteiger partial charge in [-0.3, -0.25) is 4.79 Å². The quantitative estimate of drug-likeness (QED) is 0.526. The van der Waals surface area contributed by atoms with Gasteiger partial charge in [0.15, 0.2) is 5.60 Å². The number of aromatic nitrogens is 2. The number of rotatable bonds is 3. The molecule has 0 fully saturated rings. The third-order valence-corrected chi connectivity index (χ3v) is 6.32. The summed E-state index contributed by atoms with van der Waals surface area (Å²) in [5.74, 6) is 0.0176. The van der Waals surface area contributed by atoms with Gasteiger partial charge in [-0.05, 0) is 36.6 Å². The Kier molecular flexibility index (Phi) is 4.02. The van der Waals surface area contributed by atoms with Crippen LogP contribution in [0.2, 0.25) is 0 Å². The number of carbonyl (C=O) groups is 1. The van der Waals surface area contributed by atoms with Gasteiger partial charge in [0.05, 0.1) is 36.1 Å². The van der Waals surface area contributed by atoms with E-state index in [-0.39, 0.29) is 18.6 Å². The Morgan fingerprint density at radius 3 is 2.77 bits per heavy atom. The van der Waals surface area contributed by atoms with Gasteiger partial charge in [-0.2, -0.15) is 0 Å². The molecule has 1 aromatic carbocycles. The first-order valence-corrected chi connectivity index (χ1v) is 10.1. The molecular weight excluding hydrogens is 384 g/mol. The predicted molar refractivity (Wildman–Crippen MR) is 110 cm³/mol. The highest BCUT2D eigenvalue weighted by molar-refractivity contribution is 5.91. The van der Waals surface area contributed by atoms with Crippen LogP contribution >= 0.6 is 0 Å². The Bertz CT molecular complexity index is 1290. The number of nitrogens with zero attached hydrogens (tertiary/aromatic N) is 2. The van der Waals surface area contributed by atoms with Gasteiger partial charge in [0.2, 0.25) is 0 Å². The van der Waals surface area contributed by atoms with Crippen LogP contribution in [0.15, 0.2) is 29.1 Å². The number of aryl methyl sites for hydroxylation is 1. The third-order valence-electron chi connectivity index (χ3n) is 6.32. The van der Waals surface area contributed by atoms with E-state index in [1.54, 1.807) is 24.7 Å². The molecule has 5 rings (SSSR count). The lowest BCUT2D eigenvalue weighted by atomic mass is 9.86. The number of fused-ring (bicyclic) bond motifs is 5. The molecule has 0 spiro atoms. The lowest BCUT2D eigenvalue weighted by Gasteiger charge is -2.31.